The Labute approximate surface area is 112 Å². The van der Waals surface area contributed by atoms with Gasteiger partial charge in [0.1, 0.15) is 11.6 Å². The molecule has 5 nitrogen and oxygen atoms in total. The maximum atomic E-state index is 11.3. The smallest absolute Gasteiger partial charge is 0.230 e. The zero-order valence-electron chi connectivity index (χ0n) is 10.8. The average Bonchev–Trinajstić information content (AvgIpc) is 2.24. The molecule has 2 unspecified atom stereocenters. The molecule has 3 rings (SSSR count). The van der Waals surface area contributed by atoms with Crippen LogP contribution in [0.3, 0.4) is 0 Å². The van der Waals surface area contributed by atoms with Crippen LogP contribution >= 0.6 is 0 Å². The molecule has 0 spiro atoms. The first-order valence-corrected chi connectivity index (χ1v) is 8.00. The number of nitrogens with one attached hydrogen (secondary N) is 2. The Kier molecular flexibility index (Phi) is 2.53. The largest absolute Gasteiger partial charge is 0.468 e. The minimum atomic E-state index is -3.30. The van der Waals surface area contributed by atoms with Crippen LogP contribution in [0.25, 0.3) is 0 Å². The number of benzene rings is 1. The van der Waals surface area contributed by atoms with Gasteiger partial charge < -0.3 is 10.1 Å². The molecule has 2 aliphatic heterocycles. The van der Waals surface area contributed by atoms with Crippen LogP contribution in [0.4, 0.5) is 0 Å². The molecule has 102 valence electrons. The molecule has 2 heterocycles. The van der Waals surface area contributed by atoms with Gasteiger partial charge in [-0.2, -0.15) is 0 Å². The van der Waals surface area contributed by atoms with Gasteiger partial charge in [-0.15, -0.1) is 0 Å². The van der Waals surface area contributed by atoms with Crippen molar-refractivity contribution >= 4 is 10.0 Å². The summed E-state index contributed by atoms with van der Waals surface area (Å²) in [6, 6.07) is 7.84. The molecular weight excluding hydrogens is 264 g/mol. The van der Waals surface area contributed by atoms with Crippen molar-refractivity contribution in [1.82, 2.24) is 10.0 Å². The lowest BCUT2D eigenvalue weighted by Gasteiger charge is -2.44. The lowest BCUT2D eigenvalue weighted by Crippen LogP contribution is -2.55. The molecule has 0 saturated carbocycles. The predicted octanol–water partition coefficient (Wildman–Crippen LogP) is 1.26. The van der Waals surface area contributed by atoms with Crippen molar-refractivity contribution in [3.8, 4) is 5.75 Å². The van der Waals surface area contributed by atoms with E-state index in [1.54, 1.807) is 0 Å². The first-order valence-electron chi connectivity index (χ1n) is 6.10. The van der Waals surface area contributed by atoms with Gasteiger partial charge in [0.15, 0.2) is 5.72 Å². The highest BCUT2D eigenvalue weighted by Gasteiger charge is 2.40. The zero-order chi connectivity index (χ0) is 13.7. The van der Waals surface area contributed by atoms with Crippen LogP contribution in [0, 0.1) is 0 Å². The number of rotatable bonds is 2. The maximum Gasteiger partial charge on any atom is 0.230 e. The Balaban J connectivity index is 2.02. The first kappa shape index (κ1) is 12.3. The van der Waals surface area contributed by atoms with E-state index in [0.717, 1.165) is 24.0 Å². The lowest BCUT2D eigenvalue weighted by atomic mass is 9.85. The van der Waals surface area contributed by atoms with E-state index >= 15 is 0 Å². The predicted molar refractivity (Wildman–Crippen MR) is 72.0 cm³/mol. The highest BCUT2D eigenvalue weighted by Crippen LogP contribution is 2.43. The fourth-order valence-corrected chi connectivity index (χ4v) is 3.22. The highest BCUT2D eigenvalue weighted by atomic mass is 32.2. The van der Waals surface area contributed by atoms with Gasteiger partial charge in [-0.05, 0) is 19.1 Å². The Hall–Kier alpha value is -1.69. The molecule has 2 atom stereocenters. The second kappa shape index (κ2) is 3.90. The Morgan fingerprint density at radius 3 is 2.89 bits per heavy atom. The van der Waals surface area contributed by atoms with Gasteiger partial charge in [0.2, 0.25) is 10.0 Å². The fraction of sp³-hybridized carbons (Fsp3) is 0.385. The molecular formula is C13H16N2O3S. The topological polar surface area (TPSA) is 67.4 Å². The van der Waals surface area contributed by atoms with Gasteiger partial charge in [0.05, 0.1) is 6.26 Å². The lowest BCUT2D eigenvalue weighted by molar-refractivity contribution is 0.0266. The monoisotopic (exact) mass is 280 g/mol. The highest BCUT2D eigenvalue weighted by molar-refractivity contribution is 7.88. The minimum absolute atomic E-state index is 0.153. The molecule has 2 bridgehead atoms. The summed E-state index contributed by atoms with van der Waals surface area (Å²) in [7, 11) is -3.30. The molecule has 6 heteroatoms. The molecule has 2 N–H and O–H groups in total. The van der Waals surface area contributed by atoms with Gasteiger partial charge >= 0.3 is 0 Å². The van der Waals surface area contributed by atoms with Crippen LogP contribution < -0.4 is 14.8 Å². The van der Waals surface area contributed by atoms with E-state index in [4.69, 9.17) is 4.74 Å². The normalized spacial score (nSPS) is 28.5. The quantitative estimate of drug-likeness (QED) is 0.856. The average molecular weight is 280 g/mol. The molecule has 0 saturated heterocycles. The van der Waals surface area contributed by atoms with E-state index < -0.39 is 15.7 Å². The summed E-state index contributed by atoms with van der Waals surface area (Å²) >= 11 is 0. The molecule has 0 radical (unpaired) electrons. The van der Waals surface area contributed by atoms with Crippen LogP contribution in [0.5, 0.6) is 5.75 Å². The van der Waals surface area contributed by atoms with E-state index in [2.05, 4.69) is 10.0 Å². The number of hydrogen-bond donors (Lipinski definition) is 2. The van der Waals surface area contributed by atoms with Crippen LogP contribution in [0.1, 0.15) is 24.8 Å². The maximum absolute atomic E-state index is 11.3. The molecule has 0 amide bonds. The van der Waals surface area contributed by atoms with Crippen molar-refractivity contribution in [3.05, 3.63) is 41.7 Å². The van der Waals surface area contributed by atoms with Crippen molar-refractivity contribution in [1.29, 1.82) is 0 Å². The van der Waals surface area contributed by atoms with E-state index in [1.165, 1.54) is 0 Å². The minimum Gasteiger partial charge on any atom is -0.468 e. The third kappa shape index (κ3) is 2.40. The first-order chi connectivity index (χ1) is 8.85. The fourth-order valence-electron chi connectivity index (χ4n) is 2.71. The zero-order valence-corrected chi connectivity index (χ0v) is 11.6. The van der Waals surface area contributed by atoms with Crippen molar-refractivity contribution in [2.45, 2.75) is 25.0 Å². The molecule has 1 aromatic carbocycles. The van der Waals surface area contributed by atoms with Crippen molar-refractivity contribution in [2.24, 2.45) is 0 Å². The standard InChI is InChI=1S/C13H16N2O3S/c1-13-8-9(7-12(14-13)15-19(2,16)17)10-5-3-4-6-11(10)18-13/h3-7,9,14-15H,8H2,1-2H3. The second-order valence-electron chi connectivity index (χ2n) is 5.26. The number of sulfonamides is 1. The van der Waals surface area contributed by atoms with Gasteiger partial charge in [-0.1, -0.05) is 18.2 Å². The van der Waals surface area contributed by atoms with E-state index in [-0.39, 0.29) is 5.92 Å². The van der Waals surface area contributed by atoms with Gasteiger partial charge in [-0.25, -0.2) is 8.42 Å². The SMILES string of the molecule is CC12CC(C=C(NS(C)(=O)=O)N1)c1ccccc1O2. The van der Waals surface area contributed by atoms with Crippen LogP contribution in [0.15, 0.2) is 36.2 Å². The second-order valence-corrected chi connectivity index (χ2v) is 7.01. The molecule has 19 heavy (non-hydrogen) atoms. The van der Waals surface area contributed by atoms with Crippen LogP contribution in [-0.4, -0.2) is 20.4 Å². The van der Waals surface area contributed by atoms with Crippen LogP contribution in [0.2, 0.25) is 0 Å². The number of allylic oxidation sites excluding steroid dienone is 1. The number of fused-ring (bicyclic) bond motifs is 4. The molecule has 2 aliphatic rings. The summed E-state index contributed by atoms with van der Waals surface area (Å²) in [5.41, 5.74) is 0.509. The third-order valence-electron chi connectivity index (χ3n) is 3.33. The van der Waals surface area contributed by atoms with Gasteiger partial charge in [0, 0.05) is 17.9 Å². The van der Waals surface area contributed by atoms with E-state index in [9.17, 15) is 8.42 Å². The van der Waals surface area contributed by atoms with Crippen molar-refractivity contribution in [3.63, 3.8) is 0 Å². The molecule has 0 aromatic heterocycles. The molecule has 0 fully saturated rings. The van der Waals surface area contributed by atoms with Gasteiger partial charge in [-0.3, -0.25) is 4.72 Å². The molecule has 1 aromatic rings. The van der Waals surface area contributed by atoms with Gasteiger partial charge in [0.25, 0.3) is 0 Å². The summed E-state index contributed by atoms with van der Waals surface area (Å²) < 4.78 is 31.1. The summed E-state index contributed by atoms with van der Waals surface area (Å²) in [5, 5.41) is 3.11. The van der Waals surface area contributed by atoms with E-state index in [0.29, 0.717) is 5.82 Å². The number of hydrogen-bond acceptors (Lipinski definition) is 4. The summed E-state index contributed by atoms with van der Waals surface area (Å²) in [4.78, 5) is 0. The molecule has 0 aliphatic carbocycles. The van der Waals surface area contributed by atoms with Crippen LogP contribution in [-0.2, 0) is 10.0 Å². The van der Waals surface area contributed by atoms with Crippen molar-refractivity contribution in [2.75, 3.05) is 6.26 Å². The Bertz CT molecular complexity index is 654. The summed E-state index contributed by atoms with van der Waals surface area (Å²) in [6.45, 7) is 1.92. The summed E-state index contributed by atoms with van der Waals surface area (Å²) in [5.74, 6) is 1.49. The van der Waals surface area contributed by atoms with E-state index in [1.807, 2.05) is 37.3 Å². The third-order valence-corrected chi connectivity index (χ3v) is 3.92. The summed E-state index contributed by atoms with van der Waals surface area (Å²) in [6.07, 6.45) is 3.82. The Morgan fingerprint density at radius 1 is 1.42 bits per heavy atom. The number of ether oxygens (including phenoxy) is 1. The van der Waals surface area contributed by atoms with Crippen molar-refractivity contribution < 1.29 is 13.2 Å². The number of para-hydroxylation sites is 1. The Morgan fingerprint density at radius 2 is 2.16 bits per heavy atom.